The van der Waals surface area contributed by atoms with E-state index in [9.17, 15) is 0 Å². The Hall–Kier alpha value is 2.25. The molecule has 0 spiro atoms. The van der Waals surface area contributed by atoms with Crippen molar-refractivity contribution in [3.05, 3.63) is 0 Å². The van der Waals surface area contributed by atoms with Crippen molar-refractivity contribution >= 4 is 60.9 Å². The monoisotopic (exact) mass is 269 g/mol. The van der Waals surface area contributed by atoms with E-state index in [1.54, 1.807) is 0 Å². The first kappa shape index (κ1) is 9.25. The molecule has 0 saturated heterocycles. The Labute approximate surface area is 65.4 Å². The number of halogens is 6. The standard InChI is InChI=1S/6ClH.Co/h6*1H;/q;;;;;;+6/p-6. The summed E-state index contributed by atoms with van der Waals surface area (Å²) in [7, 11) is 30.0. The normalized spacial score (nSPS) is 23.1. The van der Waals surface area contributed by atoms with E-state index in [-0.39, 0.29) is 0 Å². The summed E-state index contributed by atoms with van der Waals surface area (Å²) in [5, 5.41) is -4.81. The molecule has 0 aromatic heterocycles. The Morgan fingerprint density at radius 3 is 0.571 bits per heavy atom. The van der Waals surface area contributed by atoms with Crippen molar-refractivity contribution in [2.45, 2.75) is 0 Å². The van der Waals surface area contributed by atoms with Gasteiger partial charge in [-0.15, -0.1) is 0 Å². The second-order valence-corrected chi connectivity index (χ2v) is 26.5. The van der Waals surface area contributed by atoms with Crippen LogP contribution in [0.1, 0.15) is 0 Å². The van der Waals surface area contributed by atoms with Crippen molar-refractivity contribution in [3.8, 4) is 0 Å². The van der Waals surface area contributed by atoms with Crippen LogP contribution in [-0.2, 0) is 5.12 Å². The van der Waals surface area contributed by atoms with E-state index < -0.39 is 5.12 Å². The van der Waals surface area contributed by atoms with Crippen LogP contribution < -0.4 is 0 Å². The predicted molar refractivity (Wildman–Crippen MR) is 35.1 cm³/mol. The maximum atomic E-state index is 5.00. The van der Waals surface area contributed by atoms with Gasteiger partial charge in [0.2, 0.25) is 0 Å². The molecule has 0 nitrogen and oxygen atoms in total. The Balaban J connectivity index is 4.43. The summed E-state index contributed by atoms with van der Waals surface area (Å²) in [5.74, 6) is 0. The zero-order valence-corrected chi connectivity index (χ0v) is 8.18. The summed E-state index contributed by atoms with van der Waals surface area (Å²) in [4.78, 5) is 0. The van der Waals surface area contributed by atoms with E-state index in [1.807, 2.05) is 0 Å². The van der Waals surface area contributed by atoms with Crippen LogP contribution in [0, 0.1) is 0 Å². The maximum absolute atomic E-state index is 5.00. The predicted octanol–water partition coefficient (Wildman–Crippen LogP) is 4.13. The molecule has 0 aromatic carbocycles. The molecule has 51 valence electrons. The van der Waals surface area contributed by atoms with E-state index >= 15 is 0 Å². The first-order chi connectivity index (χ1) is 2.45. The van der Waals surface area contributed by atoms with Crippen LogP contribution in [0.3, 0.4) is 0 Å². The van der Waals surface area contributed by atoms with Gasteiger partial charge < -0.3 is 0 Å². The second kappa shape index (κ2) is 1.46. The van der Waals surface area contributed by atoms with Gasteiger partial charge >= 0.3 is 66.0 Å². The van der Waals surface area contributed by atoms with Crippen molar-refractivity contribution in [3.63, 3.8) is 0 Å². The molecule has 0 radical (unpaired) electrons. The van der Waals surface area contributed by atoms with Gasteiger partial charge in [0.25, 0.3) is 0 Å². The molecule has 0 N–H and O–H groups in total. The van der Waals surface area contributed by atoms with E-state index in [4.69, 9.17) is 60.9 Å². The molecule has 0 aliphatic carbocycles. The molecule has 0 fully saturated rings. The summed E-state index contributed by atoms with van der Waals surface area (Å²) in [5.41, 5.74) is 0. The molecule has 0 aliphatic heterocycles. The van der Waals surface area contributed by atoms with Gasteiger partial charge in [0.05, 0.1) is 0 Å². The molecular formula is Cl6Co. The van der Waals surface area contributed by atoms with Gasteiger partial charge in [-0.3, -0.25) is 0 Å². The second-order valence-electron chi connectivity index (χ2n) is 0.714. The van der Waals surface area contributed by atoms with Gasteiger partial charge in [0.1, 0.15) is 0 Å². The van der Waals surface area contributed by atoms with Crippen LogP contribution in [0.2, 0.25) is 0 Å². The van der Waals surface area contributed by atoms with Gasteiger partial charge in [-0.05, 0) is 0 Å². The van der Waals surface area contributed by atoms with Crippen molar-refractivity contribution in [1.29, 1.82) is 0 Å². The SMILES string of the molecule is [Cl][Co]([Cl])([Cl])([Cl])([Cl])[Cl]. The minimum atomic E-state index is -4.81. The Morgan fingerprint density at radius 1 is 0.571 bits per heavy atom. The first-order valence-corrected chi connectivity index (χ1v) is 9.35. The third-order valence-electron chi connectivity index (χ3n) is 0. The van der Waals surface area contributed by atoms with Crippen molar-refractivity contribution in [2.75, 3.05) is 0 Å². The molecule has 0 heterocycles. The fourth-order valence-corrected chi connectivity index (χ4v) is 0. The first-order valence-electron chi connectivity index (χ1n) is 0.756. The van der Waals surface area contributed by atoms with Crippen LogP contribution in [0.25, 0.3) is 0 Å². The summed E-state index contributed by atoms with van der Waals surface area (Å²) >= 11 is 0. The average Bonchev–Trinajstić information content (AvgIpc) is 0.592. The van der Waals surface area contributed by atoms with Crippen molar-refractivity contribution in [2.24, 2.45) is 0 Å². The molecule has 0 saturated carbocycles. The Morgan fingerprint density at radius 2 is 0.571 bits per heavy atom. The number of rotatable bonds is 0. The Bertz CT molecular complexity index is 62.7. The van der Waals surface area contributed by atoms with Gasteiger partial charge in [-0.1, -0.05) is 0 Å². The number of hydrogen-bond acceptors (Lipinski definition) is 0. The van der Waals surface area contributed by atoms with Crippen molar-refractivity contribution < 1.29 is 5.12 Å². The zero-order valence-electron chi connectivity index (χ0n) is 2.60. The van der Waals surface area contributed by atoms with Gasteiger partial charge in [0.15, 0.2) is 0 Å². The van der Waals surface area contributed by atoms with Crippen LogP contribution in [-0.4, -0.2) is 0 Å². The molecule has 7 heteroatoms. The zero-order chi connectivity index (χ0) is 6.41. The van der Waals surface area contributed by atoms with Gasteiger partial charge in [0, 0.05) is 0 Å². The van der Waals surface area contributed by atoms with Crippen molar-refractivity contribution in [1.82, 2.24) is 0 Å². The van der Waals surface area contributed by atoms with Gasteiger partial charge in [-0.2, -0.15) is 0 Å². The summed E-state index contributed by atoms with van der Waals surface area (Å²) in [6, 6.07) is 0. The van der Waals surface area contributed by atoms with Crippen LogP contribution >= 0.6 is 60.9 Å². The average molecular weight is 272 g/mol. The molecule has 0 rings (SSSR count). The summed E-state index contributed by atoms with van der Waals surface area (Å²) in [6.07, 6.45) is 0. The topological polar surface area (TPSA) is 0 Å². The third kappa shape index (κ3) is 63.8. The molecule has 0 aromatic rings. The summed E-state index contributed by atoms with van der Waals surface area (Å²) in [6.45, 7) is 0. The minimum absolute atomic E-state index is 4.81. The fraction of sp³-hybridized carbons (Fsp3) is 0. The van der Waals surface area contributed by atoms with E-state index in [0.717, 1.165) is 0 Å². The van der Waals surface area contributed by atoms with Crippen LogP contribution in [0.4, 0.5) is 0 Å². The molecule has 0 amide bonds. The third-order valence-corrected chi connectivity index (χ3v) is 0. The van der Waals surface area contributed by atoms with E-state index in [0.29, 0.717) is 0 Å². The molecule has 0 bridgehead atoms. The molecule has 0 unspecified atom stereocenters. The molecular weight excluding hydrogens is 272 g/mol. The molecule has 7 heavy (non-hydrogen) atoms. The summed E-state index contributed by atoms with van der Waals surface area (Å²) < 4.78 is 0. The molecule has 0 aliphatic rings. The quantitative estimate of drug-likeness (QED) is 0.621. The van der Waals surface area contributed by atoms with E-state index in [1.165, 1.54) is 0 Å². The Kier molecular flexibility index (Phi) is 1.92. The van der Waals surface area contributed by atoms with E-state index in [2.05, 4.69) is 0 Å². The fourth-order valence-electron chi connectivity index (χ4n) is 0. The van der Waals surface area contributed by atoms with Crippen LogP contribution in [0.15, 0.2) is 0 Å². The van der Waals surface area contributed by atoms with Gasteiger partial charge in [-0.25, -0.2) is 0 Å². The molecule has 0 atom stereocenters. The van der Waals surface area contributed by atoms with Crippen LogP contribution in [0.5, 0.6) is 0 Å². The number of hydrogen-bond donors (Lipinski definition) is 0.